The number of unbranched alkanes of at least 4 members (excludes halogenated alkanes) is 12. The van der Waals surface area contributed by atoms with Gasteiger partial charge < -0.3 is 14.1 Å². The van der Waals surface area contributed by atoms with Gasteiger partial charge in [0.15, 0.2) is 0 Å². The van der Waals surface area contributed by atoms with Crippen molar-refractivity contribution in [3.05, 3.63) is 59.0 Å². The summed E-state index contributed by atoms with van der Waals surface area (Å²) in [5.41, 5.74) is 3.08. The van der Waals surface area contributed by atoms with Crippen LogP contribution in [0.2, 0.25) is 0 Å². The number of hydrogen-bond acceptors (Lipinski definition) is 5. The van der Waals surface area contributed by atoms with E-state index in [1.165, 1.54) is 70.6 Å². The Labute approximate surface area is 246 Å². The number of carbonyl (C=O) groups excluding carboxylic acids is 1. The molecule has 0 aliphatic carbocycles. The van der Waals surface area contributed by atoms with Gasteiger partial charge in [-0.3, -0.25) is 5.32 Å². The van der Waals surface area contributed by atoms with Crippen LogP contribution >= 0.6 is 0 Å². The SMILES string of the molecule is CCCCCCCCCCCCCCCOC(=O)Nc1ccc(-c2cc3ccc(N(CC)CC)cc3oc2=O)cc1. The normalized spacial score (nSPS) is 11.1. The predicted octanol–water partition coefficient (Wildman–Crippen LogP) is 9.95. The molecule has 224 valence electrons. The molecule has 0 saturated heterocycles. The van der Waals surface area contributed by atoms with Crippen molar-refractivity contribution in [2.24, 2.45) is 0 Å². The van der Waals surface area contributed by atoms with Gasteiger partial charge >= 0.3 is 11.7 Å². The second-order valence-electron chi connectivity index (χ2n) is 10.9. The maximum absolute atomic E-state index is 12.8. The largest absolute Gasteiger partial charge is 0.449 e. The molecule has 1 amide bonds. The number of amides is 1. The molecule has 1 heterocycles. The van der Waals surface area contributed by atoms with Crippen molar-refractivity contribution < 1.29 is 13.9 Å². The molecule has 0 unspecified atom stereocenters. The fraction of sp³-hybridized carbons (Fsp3) is 0.543. The molecule has 3 aromatic rings. The van der Waals surface area contributed by atoms with Gasteiger partial charge in [-0.25, -0.2) is 9.59 Å². The monoisotopic (exact) mass is 562 g/mol. The highest BCUT2D eigenvalue weighted by Crippen LogP contribution is 2.26. The average Bonchev–Trinajstić information content (AvgIpc) is 2.98. The Kier molecular flexibility index (Phi) is 14.3. The van der Waals surface area contributed by atoms with Gasteiger partial charge in [0.2, 0.25) is 0 Å². The lowest BCUT2D eigenvalue weighted by molar-refractivity contribution is 0.159. The Morgan fingerprint density at radius 3 is 1.93 bits per heavy atom. The standard InChI is InChI=1S/C35H50N2O4/c1-4-7-8-9-10-11-12-13-14-15-16-17-18-25-40-35(39)36-30-22-19-28(20-23-30)32-26-29-21-24-31(37(5-2)6-3)27-33(29)41-34(32)38/h19-24,26-27H,4-18,25H2,1-3H3,(H,36,39). The molecule has 41 heavy (non-hydrogen) atoms. The lowest BCUT2D eigenvalue weighted by atomic mass is 10.0. The van der Waals surface area contributed by atoms with Gasteiger partial charge in [-0.15, -0.1) is 0 Å². The van der Waals surface area contributed by atoms with Crippen molar-refractivity contribution >= 4 is 28.4 Å². The fourth-order valence-corrected chi connectivity index (χ4v) is 5.26. The van der Waals surface area contributed by atoms with Crippen molar-refractivity contribution in [3.63, 3.8) is 0 Å². The van der Waals surface area contributed by atoms with Gasteiger partial charge in [0.1, 0.15) is 5.58 Å². The van der Waals surface area contributed by atoms with Crippen molar-refractivity contribution in [3.8, 4) is 11.1 Å². The van der Waals surface area contributed by atoms with Crippen molar-refractivity contribution in [1.29, 1.82) is 0 Å². The van der Waals surface area contributed by atoms with Crippen LogP contribution in [0.5, 0.6) is 0 Å². The maximum atomic E-state index is 12.8. The highest BCUT2D eigenvalue weighted by atomic mass is 16.5. The summed E-state index contributed by atoms with van der Waals surface area (Å²) < 4.78 is 11.0. The highest BCUT2D eigenvalue weighted by molar-refractivity contribution is 5.86. The lowest BCUT2D eigenvalue weighted by Gasteiger charge is -2.21. The van der Waals surface area contributed by atoms with Crippen molar-refractivity contribution in [2.45, 2.75) is 104 Å². The molecule has 1 N–H and O–H groups in total. The average molecular weight is 563 g/mol. The molecule has 0 saturated carbocycles. The zero-order valence-electron chi connectivity index (χ0n) is 25.5. The Hall–Kier alpha value is -3.28. The Morgan fingerprint density at radius 2 is 1.34 bits per heavy atom. The second-order valence-corrected chi connectivity index (χ2v) is 10.9. The number of nitrogens with one attached hydrogen (secondary N) is 1. The summed E-state index contributed by atoms with van der Waals surface area (Å²) in [6.07, 6.45) is 16.3. The summed E-state index contributed by atoms with van der Waals surface area (Å²) >= 11 is 0. The number of carbonyl (C=O) groups is 1. The second kappa shape index (κ2) is 18.2. The number of anilines is 2. The number of hydrogen-bond donors (Lipinski definition) is 1. The van der Waals surface area contributed by atoms with Crippen LogP contribution in [0.1, 0.15) is 104 Å². The van der Waals surface area contributed by atoms with Crippen LogP contribution in [0.25, 0.3) is 22.1 Å². The fourth-order valence-electron chi connectivity index (χ4n) is 5.26. The van der Waals surface area contributed by atoms with E-state index in [1.807, 2.05) is 30.3 Å². The third-order valence-electron chi connectivity index (χ3n) is 7.77. The molecular weight excluding hydrogens is 512 g/mol. The molecule has 0 atom stereocenters. The van der Waals surface area contributed by atoms with Gasteiger partial charge in [-0.05, 0) is 56.2 Å². The molecule has 6 heteroatoms. The van der Waals surface area contributed by atoms with E-state index < -0.39 is 6.09 Å². The summed E-state index contributed by atoms with van der Waals surface area (Å²) in [7, 11) is 0. The Morgan fingerprint density at radius 1 is 0.756 bits per heavy atom. The maximum Gasteiger partial charge on any atom is 0.411 e. The van der Waals surface area contributed by atoms with Gasteiger partial charge in [0.25, 0.3) is 0 Å². The first-order valence-corrected chi connectivity index (χ1v) is 15.9. The van der Waals surface area contributed by atoms with E-state index in [0.29, 0.717) is 23.4 Å². The zero-order chi connectivity index (χ0) is 29.3. The minimum absolute atomic E-state index is 0.382. The van der Waals surface area contributed by atoms with Gasteiger partial charge in [-0.1, -0.05) is 96.1 Å². The topological polar surface area (TPSA) is 71.8 Å². The third-order valence-corrected chi connectivity index (χ3v) is 7.77. The quantitative estimate of drug-likeness (QED) is 0.116. The molecule has 6 nitrogen and oxygen atoms in total. The number of rotatable bonds is 19. The van der Waals surface area contributed by atoms with E-state index >= 15 is 0 Å². The number of nitrogens with zero attached hydrogens (tertiary/aromatic N) is 1. The van der Waals surface area contributed by atoms with Crippen LogP contribution in [0.4, 0.5) is 16.2 Å². The summed E-state index contributed by atoms with van der Waals surface area (Å²) in [4.78, 5) is 27.2. The summed E-state index contributed by atoms with van der Waals surface area (Å²) in [6.45, 7) is 8.67. The van der Waals surface area contributed by atoms with Crippen LogP contribution in [-0.4, -0.2) is 25.8 Å². The van der Waals surface area contributed by atoms with Crippen LogP contribution in [-0.2, 0) is 4.74 Å². The summed E-state index contributed by atoms with van der Waals surface area (Å²) in [5.74, 6) is 0. The number of fused-ring (bicyclic) bond motifs is 1. The van der Waals surface area contributed by atoms with E-state index in [2.05, 4.69) is 37.1 Å². The molecule has 3 rings (SSSR count). The number of benzene rings is 2. The summed E-state index contributed by atoms with van der Waals surface area (Å²) in [5, 5.41) is 3.64. The molecule has 1 aromatic heterocycles. The molecule has 0 radical (unpaired) electrons. The first-order valence-electron chi connectivity index (χ1n) is 15.9. The molecule has 0 fully saturated rings. The highest BCUT2D eigenvalue weighted by Gasteiger charge is 2.11. The Balaban J connectivity index is 1.35. The predicted molar refractivity (Wildman–Crippen MR) is 172 cm³/mol. The smallest absolute Gasteiger partial charge is 0.411 e. The molecule has 0 aliphatic heterocycles. The van der Waals surface area contributed by atoms with E-state index in [0.717, 1.165) is 42.6 Å². The molecular formula is C35H50N2O4. The molecule has 0 bridgehead atoms. The molecule has 0 spiro atoms. The van der Waals surface area contributed by atoms with Crippen LogP contribution in [0.15, 0.2) is 57.7 Å². The van der Waals surface area contributed by atoms with Crippen LogP contribution in [0.3, 0.4) is 0 Å². The molecule has 0 aliphatic rings. The molecule has 2 aromatic carbocycles. The number of ether oxygens (including phenoxy) is 1. The van der Waals surface area contributed by atoms with Gasteiger partial charge in [0, 0.05) is 35.9 Å². The zero-order valence-corrected chi connectivity index (χ0v) is 25.5. The van der Waals surface area contributed by atoms with E-state index in [4.69, 9.17) is 9.15 Å². The first kappa shape index (κ1) is 32.2. The Bertz CT molecular complexity index is 1230. The lowest BCUT2D eigenvalue weighted by Crippen LogP contribution is -2.21. The minimum atomic E-state index is -0.453. The van der Waals surface area contributed by atoms with Gasteiger partial charge in [-0.2, -0.15) is 0 Å². The van der Waals surface area contributed by atoms with Crippen molar-refractivity contribution in [2.75, 3.05) is 29.9 Å². The first-order chi connectivity index (χ1) is 20.0. The minimum Gasteiger partial charge on any atom is -0.449 e. The summed E-state index contributed by atoms with van der Waals surface area (Å²) in [6, 6.07) is 15.0. The van der Waals surface area contributed by atoms with Crippen LogP contribution in [0, 0.1) is 0 Å². The van der Waals surface area contributed by atoms with E-state index in [9.17, 15) is 9.59 Å². The van der Waals surface area contributed by atoms with Crippen molar-refractivity contribution in [1.82, 2.24) is 0 Å². The van der Waals surface area contributed by atoms with E-state index in [-0.39, 0.29) is 5.63 Å². The van der Waals surface area contributed by atoms with E-state index in [1.54, 1.807) is 12.1 Å². The van der Waals surface area contributed by atoms with Crippen LogP contribution < -0.4 is 15.8 Å². The van der Waals surface area contributed by atoms with Gasteiger partial charge in [0.05, 0.1) is 12.2 Å². The third kappa shape index (κ3) is 10.9.